The van der Waals surface area contributed by atoms with E-state index >= 15 is 0 Å². The molecule has 0 radical (unpaired) electrons. The Kier molecular flexibility index (Phi) is 21.0. The van der Waals surface area contributed by atoms with Crippen molar-refractivity contribution in [3.05, 3.63) is 143 Å². The van der Waals surface area contributed by atoms with E-state index < -0.39 is 17.8 Å². The topological polar surface area (TPSA) is 185 Å². The zero-order valence-corrected chi connectivity index (χ0v) is 38.0. The third-order valence-corrected chi connectivity index (χ3v) is 12.8. The molecule has 0 bridgehead atoms. The van der Waals surface area contributed by atoms with Crippen LogP contribution < -0.4 is 22.5 Å². The highest BCUT2D eigenvalue weighted by Crippen LogP contribution is 2.38. The quantitative estimate of drug-likeness (QED) is 0.0574. The molecule has 63 heavy (non-hydrogen) atoms. The number of likely N-dealkylation sites (N-methyl/N-ethyl adjacent to an activating group) is 2. The number of nitrogens with two attached hydrogens (primary N) is 3. The van der Waals surface area contributed by atoms with Crippen molar-refractivity contribution in [2.75, 3.05) is 41.3 Å². The Bertz CT molecular complexity index is 1970. The van der Waals surface area contributed by atoms with Crippen LogP contribution in [0.15, 0.2) is 109 Å². The Morgan fingerprint density at radius 1 is 0.603 bits per heavy atom. The maximum atomic E-state index is 12.8. The van der Waals surface area contributed by atoms with E-state index in [1.165, 1.54) is 49.7 Å². The van der Waals surface area contributed by atoms with Gasteiger partial charge in [-0.05, 0) is 124 Å². The van der Waals surface area contributed by atoms with Gasteiger partial charge in [0.2, 0.25) is 17.7 Å². The highest BCUT2D eigenvalue weighted by atomic mass is 16.4. The molecule has 11 heteroatoms. The van der Waals surface area contributed by atoms with Gasteiger partial charge in [0, 0.05) is 42.7 Å². The molecule has 2 fully saturated rings. The number of rotatable bonds is 21. The molecule has 0 aliphatic heterocycles. The van der Waals surface area contributed by atoms with Crippen molar-refractivity contribution in [3.8, 4) is 0 Å². The second-order valence-electron chi connectivity index (χ2n) is 17.9. The van der Waals surface area contributed by atoms with Crippen LogP contribution >= 0.6 is 0 Å². The van der Waals surface area contributed by atoms with Gasteiger partial charge in [0.05, 0.1) is 6.42 Å². The molecule has 0 unspecified atom stereocenters. The van der Waals surface area contributed by atoms with Crippen molar-refractivity contribution < 1.29 is 24.3 Å². The van der Waals surface area contributed by atoms with Crippen LogP contribution in [0.5, 0.6) is 0 Å². The molecule has 0 aromatic heterocycles. The third kappa shape index (κ3) is 17.7. The lowest BCUT2D eigenvalue weighted by molar-refractivity contribution is -0.137. The molecular weight excluding hydrogens is 789 g/mol. The van der Waals surface area contributed by atoms with E-state index in [2.05, 4.69) is 39.4 Å². The van der Waals surface area contributed by atoms with Crippen molar-refractivity contribution in [1.82, 2.24) is 15.1 Å². The van der Waals surface area contributed by atoms with Gasteiger partial charge in [0.1, 0.15) is 0 Å². The summed E-state index contributed by atoms with van der Waals surface area (Å²) < 4.78 is 0. The minimum Gasteiger partial charge on any atom is -0.481 e. The van der Waals surface area contributed by atoms with Gasteiger partial charge >= 0.3 is 5.97 Å². The molecule has 3 amide bonds. The molecule has 8 N–H and O–H groups in total. The molecule has 6 rings (SSSR count). The molecular formula is C52H72N6O5. The number of hydrogen-bond donors (Lipinski definition) is 5. The molecule has 4 atom stereocenters. The van der Waals surface area contributed by atoms with Crippen LogP contribution in [0.4, 0.5) is 0 Å². The van der Waals surface area contributed by atoms with Gasteiger partial charge in [0.15, 0.2) is 0 Å². The Hall–Kier alpha value is -5.36. The number of carboxylic acids is 1. The average Bonchev–Trinajstić information content (AvgIpc) is 3.24. The molecule has 2 saturated carbocycles. The van der Waals surface area contributed by atoms with Crippen LogP contribution in [0, 0.1) is 11.8 Å². The van der Waals surface area contributed by atoms with E-state index in [1.807, 2.05) is 88.9 Å². The Morgan fingerprint density at radius 2 is 1.00 bits per heavy atom. The third-order valence-electron chi connectivity index (χ3n) is 12.8. The number of nitrogens with one attached hydrogen (secondary N) is 1. The van der Waals surface area contributed by atoms with E-state index in [0.29, 0.717) is 36.7 Å². The van der Waals surface area contributed by atoms with E-state index in [9.17, 15) is 19.2 Å². The van der Waals surface area contributed by atoms with Gasteiger partial charge in [-0.15, -0.1) is 0 Å². The zero-order valence-electron chi connectivity index (χ0n) is 38.0. The summed E-state index contributed by atoms with van der Waals surface area (Å²) >= 11 is 0. The van der Waals surface area contributed by atoms with Gasteiger partial charge in [-0.25, -0.2) is 0 Å². The van der Waals surface area contributed by atoms with Gasteiger partial charge in [-0.3, -0.25) is 19.2 Å². The summed E-state index contributed by atoms with van der Waals surface area (Å²) in [5, 5.41) is 12.1. The number of primary amides is 2. The van der Waals surface area contributed by atoms with Crippen LogP contribution in [0.2, 0.25) is 0 Å². The fourth-order valence-electron chi connectivity index (χ4n) is 8.19. The number of benzene rings is 4. The zero-order chi connectivity index (χ0) is 45.7. The second kappa shape index (κ2) is 26.3. The number of hydrogen-bond acceptors (Lipinski definition) is 7. The predicted octanol–water partition coefficient (Wildman–Crippen LogP) is 7.39. The monoisotopic (exact) mass is 861 g/mol. The van der Waals surface area contributed by atoms with Crippen LogP contribution in [-0.2, 0) is 22.4 Å². The van der Waals surface area contributed by atoms with E-state index in [1.54, 1.807) is 24.3 Å². The normalized spacial score (nSPS) is 15.5. The van der Waals surface area contributed by atoms with Crippen molar-refractivity contribution >= 4 is 23.7 Å². The van der Waals surface area contributed by atoms with Gasteiger partial charge in [0.25, 0.3) is 0 Å². The number of carboxylic acid groups (broad SMARTS) is 1. The number of carbonyl (C=O) groups excluding carboxylic acids is 3. The number of amides is 3. The summed E-state index contributed by atoms with van der Waals surface area (Å²) in [5.74, 6) is 0.611. The summed E-state index contributed by atoms with van der Waals surface area (Å²) in [4.78, 5) is 50.1. The van der Waals surface area contributed by atoms with Crippen molar-refractivity contribution in [2.45, 2.75) is 101 Å². The Labute approximate surface area is 375 Å². The predicted molar refractivity (Wildman–Crippen MR) is 253 cm³/mol. The average molecular weight is 861 g/mol. The minimum atomic E-state index is -0.687. The molecule has 0 heterocycles. The van der Waals surface area contributed by atoms with Crippen LogP contribution in [0.3, 0.4) is 0 Å². The number of carbonyl (C=O) groups is 4. The molecule has 0 saturated heterocycles. The second-order valence-corrected chi connectivity index (χ2v) is 17.9. The summed E-state index contributed by atoms with van der Waals surface area (Å²) in [5.41, 5.74) is 22.0. The molecule has 340 valence electrons. The molecule has 4 aromatic rings. The molecule has 4 aromatic carbocycles. The number of nitrogens with zero attached hydrogens (tertiary/aromatic N) is 2. The molecule has 2 aliphatic carbocycles. The first kappa shape index (κ1) is 50.3. The van der Waals surface area contributed by atoms with Gasteiger partial charge < -0.3 is 37.4 Å². The summed E-state index contributed by atoms with van der Waals surface area (Å²) in [6.45, 7) is 1.21. The molecule has 0 spiro atoms. The smallest absolute Gasteiger partial charge is 0.303 e. The van der Waals surface area contributed by atoms with E-state index in [4.69, 9.17) is 22.3 Å². The van der Waals surface area contributed by atoms with Gasteiger partial charge in [-0.2, -0.15) is 0 Å². The summed E-state index contributed by atoms with van der Waals surface area (Å²) in [6.07, 6.45) is 12.4. The lowest BCUT2D eigenvalue weighted by Crippen LogP contribution is -2.42. The van der Waals surface area contributed by atoms with E-state index in [-0.39, 0.29) is 30.2 Å². The fraction of sp³-hybridized carbons (Fsp3) is 0.462. The first-order chi connectivity index (χ1) is 30.2. The van der Waals surface area contributed by atoms with Crippen molar-refractivity contribution in [1.29, 1.82) is 0 Å². The largest absolute Gasteiger partial charge is 0.481 e. The van der Waals surface area contributed by atoms with Gasteiger partial charge in [-0.1, -0.05) is 123 Å². The SMILES string of the molecule is CN(C)[C@H](CN)Cc1ccc(C(N)=O)cc1.CN(C)[C@H](CNC(=O)C[C@H](CC1CCC1)c1ccccc1)Cc1ccc(C(N)=O)cc1.O=C(O)C[C@H](CC1CCC1)c1ccccc1. The van der Waals surface area contributed by atoms with Crippen LogP contribution in [0.1, 0.15) is 119 Å². The maximum absolute atomic E-state index is 12.8. The standard InChI is InChI=1S/C26H35N3O2.C14H18O2.C12H19N3O/c1-29(2)24(16-20-11-13-22(14-12-20)26(27)31)18-28-25(30)17-23(15-19-7-6-8-19)21-9-4-3-5-10-21;15-14(16)10-13(9-11-5-4-6-11)12-7-2-1-3-8-12;1-15(2)11(8-13)7-9-3-5-10(6-4-9)12(14)16/h3-5,9-14,19,23-24H,6-8,15-18H2,1-2H3,(H2,27,31)(H,28,30);1-3,7-8,11,13H,4-6,9-10H2,(H,15,16);3-6,11H,7-8,13H2,1-2H3,(H2,14,16)/t23-,24-;13-;11-/m000/s1. The minimum absolute atomic E-state index is 0.115. The molecule has 11 nitrogen and oxygen atoms in total. The Morgan fingerprint density at radius 3 is 1.33 bits per heavy atom. The van der Waals surface area contributed by atoms with Crippen LogP contribution in [0.25, 0.3) is 0 Å². The van der Waals surface area contributed by atoms with Crippen LogP contribution in [-0.4, -0.2) is 92.0 Å². The Balaban J connectivity index is 0.000000229. The highest BCUT2D eigenvalue weighted by Gasteiger charge is 2.26. The van der Waals surface area contributed by atoms with Crippen molar-refractivity contribution in [2.24, 2.45) is 29.0 Å². The summed E-state index contributed by atoms with van der Waals surface area (Å²) in [6, 6.07) is 35.7. The van der Waals surface area contributed by atoms with E-state index in [0.717, 1.165) is 48.6 Å². The lowest BCUT2D eigenvalue weighted by atomic mass is 9.76. The van der Waals surface area contributed by atoms with Crippen molar-refractivity contribution in [3.63, 3.8) is 0 Å². The first-order valence-corrected chi connectivity index (χ1v) is 22.6. The number of aliphatic carboxylic acids is 1. The fourth-order valence-corrected chi connectivity index (χ4v) is 8.19. The first-order valence-electron chi connectivity index (χ1n) is 22.6. The highest BCUT2D eigenvalue weighted by molar-refractivity contribution is 5.93. The maximum Gasteiger partial charge on any atom is 0.303 e. The summed E-state index contributed by atoms with van der Waals surface area (Å²) in [7, 11) is 8.07. The molecule has 2 aliphatic rings. The lowest BCUT2D eigenvalue weighted by Gasteiger charge is -2.30.